The van der Waals surface area contributed by atoms with Crippen LogP contribution in [-0.4, -0.2) is 28.9 Å². The predicted octanol–water partition coefficient (Wildman–Crippen LogP) is 5.80. The van der Waals surface area contributed by atoms with Gasteiger partial charge < -0.3 is 9.84 Å². The van der Waals surface area contributed by atoms with Gasteiger partial charge in [-0.15, -0.1) is 0 Å². The Morgan fingerprint density at radius 1 is 1.12 bits per heavy atom. The maximum absolute atomic E-state index is 13.3. The zero-order chi connectivity index (χ0) is 24.6. The van der Waals surface area contributed by atoms with E-state index in [4.69, 9.17) is 16.3 Å². The first-order valence-corrected chi connectivity index (χ1v) is 11.3. The molecule has 7 heteroatoms. The fourth-order valence-corrected chi connectivity index (χ4v) is 4.46. The highest BCUT2D eigenvalue weighted by atomic mass is 35.5. The second-order valence-corrected chi connectivity index (χ2v) is 8.85. The van der Waals surface area contributed by atoms with Crippen molar-refractivity contribution < 1.29 is 19.4 Å². The van der Waals surface area contributed by atoms with Gasteiger partial charge in [-0.1, -0.05) is 31.5 Å². The van der Waals surface area contributed by atoms with Crippen molar-refractivity contribution in [2.75, 3.05) is 12.0 Å². The number of nitrogens with zero attached hydrogens (tertiary/aromatic N) is 2. The molecule has 174 valence electrons. The molecule has 4 rings (SSSR count). The van der Waals surface area contributed by atoms with E-state index in [1.807, 2.05) is 13.8 Å². The number of pyridine rings is 1. The number of Topliss-reactive ketones (excluding diaryl/α,β-unsaturated/α-hetero) is 1. The van der Waals surface area contributed by atoms with Crippen molar-refractivity contribution in [3.63, 3.8) is 0 Å². The number of aromatic nitrogens is 1. The Morgan fingerprint density at radius 2 is 1.82 bits per heavy atom. The van der Waals surface area contributed by atoms with Gasteiger partial charge in [-0.05, 0) is 72.0 Å². The molecule has 1 aromatic heterocycles. The summed E-state index contributed by atoms with van der Waals surface area (Å²) in [6, 6.07) is 13.0. The summed E-state index contributed by atoms with van der Waals surface area (Å²) in [6.07, 6.45) is 3.18. The van der Waals surface area contributed by atoms with Gasteiger partial charge in [0.2, 0.25) is 0 Å². The lowest BCUT2D eigenvalue weighted by Gasteiger charge is -2.27. The largest absolute Gasteiger partial charge is 0.507 e. The molecular weight excluding hydrogens is 452 g/mol. The van der Waals surface area contributed by atoms with Crippen LogP contribution >= 0.6 is 11.6 Å². The van der Waals surface area contributed by atoms with Crippen LogP contribution in [0.2, 0.25) is 5.02 Å². The van der Waals surface area contributed by atoms with Crippen molar-refractivity contribution in [3.05, 3.63) is 93.8 Å². The van der Waals surface area contributed by atoms with Gasteiger partial charge in [-0.3, -0.25) is 19.5 Å². The lowest BCUT2D eigenvalue weighted by atomic mass is 9.93. The third-order valence-corrected chi connectivity index (χ3v) is 6.50. The van der Waals surface area contributed by atoms with E-state index in [0.717, 1.165) is 5.56 Å². The molecule has 1 saturated heterocycles. The Labute approximate surface area is 203 Å². The highest BCUT2D eigenvalue weighted by molar-refractivity contribution is 6.52. The number of rotatable bonds is 5. The van der Waals surface area contributed by atoms with Crippen LogP contribution < -0.4 is 9.64 Å². The number of halogens is 1. The molecule has 0 radical (unpaired) electrons. The zero-order valence-corrected chi connectivity index (χ0v) is 20.1. The van der Waals surface area contributed by atoms with E-state index in [0.29, 0.717) is 33.1 Å². The molecule has 6 nitrogen and oxygen atoms in total. The SMILES string of the molecule is COc1ccc(/C(O)=C2\C(=O)C(=O)N(c3cccc(Cl)c3C)C2c2ccncc2)cc1C(C)C. The van der Waals surface area contributed by atoms with Crippen LogP contribution in [0, 0.1) is 6.92 Å². The number of aliphatic hydroxyl groups excluding tert-OH is 1. The average molecular weight is 477 g/mol. The minimum atomic E-state index is -0.843. The molecular formula is C27H25ClN2O4. The summed E-state index contributed by atoms with van der Waals surface area (Å²) >= 11 is 6.33. The van der Waals surface area contributed by atoms with Gasteiger partial charge in [0.05, 0.1) is 18.7 Å². The van der Waals surface area contributed by atoms with Gasteiger partial charge in [0, 0.05) is 28.7 Å². The van der Waals surface area contributed by atoms with Crippen molar-refractivity contribution in [1.82, 2.24) is 4.98 Å². The van der Waals surface area contributed by atoms with Crippen LogP contribution in [0.25, 0.3) is 5.76 Å². The van der Waals surface area contributed by atoms with E-state index in [1.54, 1.807) is 75.0 Å². The maximum Gasteiger partial charge on any atom is 0.300 e. The molecule has 1 atom stereocenters. The lowest BCUT2D eigenvalue weighted by molar-refractivity contribution is -0.132. The van der Waals surface area contributed by atoms with Crippen LogP contribution in [-0.2, 0) is 9.59 Å². The molecule has 1 N–H and O–H groups in total. The van der Waals surface area contributed by atoms with E-state index in [1.165, 1.54) is 4.90 Å². The number of carbonyl (C=O) groups is 2. The fraction of sp³-hybridized carbons (Fsp3) is 0.222. The second kappa shape index (κ2) is 9.31. The lowest BCUT2D eigenvalue weighted by Crippen LogP contribution is -2.30. The summed E-state index contributed by atoms with van der Waals surface area (Å²) in [7, 11) is 1.59. The number of amides is 1. The summed E-state index contributed by atoms with van der Waals surface area (Å²) in [5.41, 5.74) is 3.14. The van der Waals surface area contributed by atoms with Gasteiger partial charge >= 0.3 is 0 Å². The van der Waals surface area contributed by atoms with Crippen LogP contribution in [0.1, 0.15) is 48.1 Å². The van der Waals surface area contributed by atoms with Crippen molar-refractivity contribution in [3.8, 4) is 5.75 Å². The summed E-state index contributed by atoms with van der Waals surface area (Å²) in [4.78, 5) is 32.1. The molecule has 1 unspecified atom stereocenters. The third-order valence-electron chi connectivity index (χ3n) is 6.09. The molecule has 1 amide bonds. The van der Waals surface area contributed by atoms with E-state index in [2.05, 4.69) is 4.98 Å². The molecule has 1 aliphatic heterocycles. The molecule has 1 fully saturated rings. The summed E-state index contributed by atoms with van der Waals surface area (Å²) in [5, 5.41) is 11.9. The maximum atomic E-state index is 13.3. The van der Waals surface area contributed by atoms with Gasteiger partial charge in [0.1, 0.15) is 11.5 Å². The number of hydrogen-bond acceptors (Lipinski definition) is 5. The number of hydrogen-bond donors (Lipinski definition) is 1. The van der Waals surface area contributed by atoms with Crippen molar-refractivity contribution in [2.45, 2.75) is 32.7 Å². The Hall–Kier alpha value is -3.64. The number of benzene rings is 2. The molecule has 2 heterocycles. The van der Waals surface area contributed by atoms with Gasteiger partial charge in [0.15, 0.2) is 0 Å². The topological polar surface area (TPSA) is 79.7 Å². The molecule has 34 heavy (non-hydrogen) atoms. The molecule has 3 aromatic rings. The van der Waals surface area contributed by atoms with Gasteiger partial charge in [-0.2, -0.15) is 0 Å². The Morgan fingerprint density at radius 3 is 2.47 bits per heavy atom. The monoisotopic (exact) mass is 476 g/mol. The first kappa shape index (κ1) is 23.5. The molecule has 2 aromatic carbocycles. The molecule has 1 aliphatic rings. The number of carbonyl (C=O) groups excluding carboxylic acids is 2. The van der Waals surface area contributed by atoms with Crippen LogP contribution in [0.4, 0.5) is 5.69 Å². The van der Waals surface area contributed by atoms with E-state index in [-0.39, 0.29) is 17.3 Å². The van der Waals surface area contributed by atoms with Gasteiger partial charge in [-0.25, -0.2) is 0 Å². The Kier molecular flexibility index (Phi) is 6.44. The molecule has 0 aliphatic carbocycles. The summed E-state index contributed by atoms with van der Waals surface area (Å²) < 4.78 is 5.45. The standard InChI is InChI=1S/C27H25ClN2O4/c1-15(2)19-14-18(8-9-22(19)34-4)25(31)23-24(17-10-12-29-13-11-17)30(27(33)26(23)32)21-7-5-6-20(28)16(21)3/h5-15,24,31H,1-4H3/b25-23+. The van der Waals surface area contributed by atoms with Crippen molar-refractivity contribution >= 4 is 34.7 Å². The van der Waals surface area contributed by atoms with Crippen LogP contribution in [0.3, 0.4) is 0 Å². The Balaban J connectivity index is 1.97. The molecule has 0 saturated carbocycles. The minimum Gasteiger partial charge on any atom is -0.507 e. The number of aliphatic hydroxyl groups is 1. The first-order chi connectivity index (χ1) is 16.3. The Bertz CT molecular complexity index is 1300. The number of methoxy groups -OCH3 is 1. The number of ether oxygens (including phenoxy) is 1. The van der Waals surface area contributed by atoms with E-state index < -0.39 is 17.7 Å². The first-order valence-electron chi connectivity index (χ1n) is 10.9. The predicted molar refractivity (Wildman–Crippen MR) is 132 cm³/mol. The average Bonchev–Trinajstić information content (AvgIpc) is 3.10. The zero-order valence-electron chi connectivity index (χ0n) is 19.4. The summed E-state index contributed by atoms with van der Waals surface area (Å²) in [5.74, 6) is -0.929. The van der Waals surface area contributed by atoms with Crippen molar-refractivity contribution in [2.24, 2.45) is 0 Å². The van der Waals surface area contributed by atoms with Crippen LogP contribution in [0.15, 0.2) is 66.5 Å². The molecule has 0 spiro atoms. The minimum absolute atomic E-state index is 0.00967. The number of anilines is 1. The highest BCUT2D eigenvalue weighted by Crippen LogP contribution is 2.44. The number of ketones is 1. The molecule has 0 bridgehead atoms. The quantitative estimate of drug-likeness (QED) is 0.286. The van der Waals surface area contributed by atoms with E-state index in [9.17, 15) is 14.7 Å². The van der Waals surface area contributed by atoms with Crippen LogP contribution in [0.5, 0.6) is 5.75 Å². The third kappa shape index (κ3) is 3.94. The smallest absolute Gasteiger partial charge is 0.300 e. The van der Waals surface area contributed by atoms with Gasteiger partial charge in [0.25, 0.3) is 11.7 Å². The van der Waals surface area contributed by atoms with E-state index >= 15 is 0 Å². The van der Waals surface area contributed by atoms with Crippen molar-refractivity contribution in [1.29, 1.82) is 0 Å². The fourth-order valence-electron chi connectivity index (χ4n) is 4.29. The second-order valence-electron chi connectivity index (χ2n) is 8.45. The summed E-state index contributed by atoms with van der Waals surface area (Å²) in [6.45, 7) is 5.82. The normalized spacial score (nSPS) is 17.5. The highest BCUT2D eigenvalue weighted by Gasteiger charge is 2.47.